The Morgan fingerprint density at radius 3 is 2.24 bits per heavy atom. The molecule has 0 heterocycles. The van der Waals surface area contributed by atoms with Crippen LogP contribution in [0.25, 0.3) is 0 Å². The second-order valence-corrected chi connectivity index (χ2v) is 4.55. The fraction of sp³-hybridized carbons (Fsp3) is 0.545. The van der Waals surface area contributed by atoms with Gasteiger partial charge in [0.05, 0.1) is 5.41 Å². The molecule has 3 N–H and O–H groups in total. The molecule has 6 nitrogen and oxygen atoms in total. The van der Waals surface area contributed by atoms with Gasteiger partial charge < -0.3 is 10.4 Å². The van der Waals surface area contributed by atoms with Crippen LogP contribution in [0.15, 0.2) is 12.2 Å². The van der Waals surface area contributed by atoms with Crippen molar-refractivity contribution in [2.75, 3.05) is 6.54 Å². The van der Waals surface area contributed by atoms with E-state index in [2.05, 4.69) is 17.2 Å². The summed E-state index contributed by atoms with van der Waals surface area (Å²) in [4.78, 5) is 33.3. The Bertz CT molecular complexity index is 347. The number of hydrogen-bond donors (Lipinski definition) is 3. The maximum Gasteiger partial charge on any atom is 0.321 e. The highest BCUT2D eigenvalue weighted by atomic mass is 16.4. The second-order valence-electron chi connectivity index (χ2n) is 4.55. The SMILES string of the molecule is C=C(C)CNC(=O)NC(=O)CC(C)(C)C(=O)O. The molecule has 96 valence electrons. The highest BCUT2D eigenvalue weighted by molar-refractivity contribution is 5.96. The number of carboxylic acids is 1. The van der Waals surface area contributed by atoms with E-state index in [9.17, 15) is 14.4 Å². The van der Waals surface area contributed by atoms with Crippen LogP contribution in [0.3, 0.4) is 0 Å². The van der Waals surface area contributed by atoms with Crippen molar-refractivity contribution in [3.8, 4) is 0 Å². The van der Waals surface area contributed by atoms with Crippen LogP contribution in [-0.4, -0.2) is 29.6 Å². The first-order valence-corrected chi connectivity index (χ1v) is 5.10. The summed E-state index contributed by atoms with van der Waals surface area (Å²) < 4.78 is 0. The van der Waals surface area contributed by atoms with Gasteiger partial charge in [-0.3, -0.25) is 14.9 Å². The van der Waals surface area contributed by atoms with E-state index in [1.165, 1.54) is 13.8 Å². The van der Waals surface area contributed by atoms with Gasteiger partial charge in [0.25, 0.3) is 0 Å². The summed E-state index contributed by atoms with van der Waals surface area (Å²) in [6.45, 7) is 8.42. The van der Waals surface area contributed by atoms with Crippen LogP contribution >= 0.6 is 0 Å². The molecule has 0 aliphatic rings. The van der Waals surface area contributed by atoms with Gasteiger partial charge in [0.1, 0.15) is 0 Å². The van der Waals surface area contributed by atoms with Gasteiger partial charge in [-0.05, 0) is 20.8 Å². The first-order chi connectivity index (χ1) is 7.65. The third-order valence-corrected chi connectivity index (χ3v) is 1.99. The number of nitrogens with one attached hydrogen (secondary N) is 2. The molecule has 0 unspecified atom stereocenters. The average Bonchev–Trinajstić information content (AvgIpc) is 2.13. The van der Waals surface area contributed by atoms with E-state index in [-0.39, 0.29) is 13.0 Å². The number of amides is 3. The van der Waals surface area contributed by atoms with E-state index in [1.54, 1.807) is 6.92 Å². The summed E-state index contributed by atoms with van der Waals surface area (Å²) in [6, 6.07) is -0.654. The molecule has 0 rings (SSSR count). The zero-order valence-electron chi connectivity index (χ0n) is 10.3. The Balaban J connectivity index is 4.15. The Kier molecular flexibility index (Phi) is 5.37. The maximum atomic E-state index is 11.4. The molecule has 17 heavy (non-hydrogen) atoms. The number of carboxylic acid groups (broad SMARTS) is 1. The molecule has 6 heteroatoms. The third kappa shape index (κ3) is 6.34. The van der Waals surface area contributed by atoms with Crippen LogP contribution in [0.2, 0.25) is 0 Å². The number of carbonyl (C=O) groups is 3. The Labute approximate surface area is 100 Å². The lowest BCUT2D eigenvalue weighted by molar-refractivity contribution is -0.149. The van der Waals surface area contributed by atoms with Gasteiger partial charge in [-0.15, -0.1) is 0 Å². The quantitative estimate of drug-likeness (QED) is 0.624. The minimum absolute atomic E-state index is 0.261. The number of imide groups is 1. The molecule has 0 fully saturated rings. The average molecular weight is 242 g/mol. The van der Waals surface area contributed by atoms with Crippen LogP contribution in [0, 0.1) is 5.41 Å². The zero-order chi connectivity index (χ0) is 13.6. The normalized spacial score (nSPS) is 10.5. The summed E-state index contributed by atoms with van der Waals surface area (Å²) >= 11 is 0. The minimum Gasteiger partial charge on any atom is -0.481 e. The van der Waals surface area contributed by atoms with E-state index in [1.807, 2.05) is 0 Å². The van der Waals surface area contributed by atoms with Gasteiger partial charge in [-0.2, -0.15) is 0 Å². The molecule has 0 saturated carbocycles. The molecule has 0 atom stereocenters. The predicted molar refractivity (Wildman–Crippen MR) is 62.4 cm³/mol. The van der Waals surface area contributed by atoms with E-state index in [0.717, 1.165) is 5.57 Å². The second kappa shape index (κ2) is 6.03. The zero-order valence-corrected chi connectivity index (χ0v) is 10.3. The van der Waals surface area contributed by atoms with Crippen molar-refractivity contribution in [1.29, 1.82) is 0 Å². The molecular formula is C11H18N2O4. The number of hydrogen-bond acceptors (Lipinski definition) is 3. The van der Waals surface area contributed by atoms with E-state index >= 15 is 0 Å². The van der Waals surface area contributed by atoms with Crippen molar-refractivity contribution in [3.05, 3.63) is 12.2 Å². The molecule has 0 aromatic heterocycles. The van der Waals surface area contributed by atoms with Crippen molar-refractivity contribution in [2.45, 2.75) is 27.2 Å². The van der Waals surface area contributed by atoms with Gasteiger partial charge in [0, 0.05) is 13.0 Å². The highest BCUT2D eigenvalue weighted by Crippen LogP contribution is 2.19. The molecule has 0 spiro atoms. The van der Waals surface area contributed by atoms with Gasteiger partial charge in [-0.25, -0.2) is 4.79 Å². The van der Waals surface area contributed by atoms with Gasteiger partial charge in [0.2, 0.25) is 5.91 Å². The lowest BCUT2D eigenvalue weighted by Gasteiger charge is -2.17. The van der Waals surface area contributed by atoms with Crippen LogP contribution in [0.5, 0.6) is 0 Å². The van der Waals surface area contributed by atoms with Crippen LogP contribution in [0.4, 0.5) is 4.79 Å². The minimum atomic E-state index is -1.20. The number of urea groups is 1. The molecule has 0 saturated heterocycles. The van der Waals surface area contributed by atoms with Gasteiger partial charge in [-0.1, -0.05) is 12.2 Å². The first-order valence-electron chi connectivity index (χ1n) is 5.10. The monoisotopic (exact) mass is 242 g/mol. The predicted octanol–water partition coefficient (Wildman–Crippen LogP) is 0.889. The molecule has 0 bridgehead atoms. The lowest BCUT2D eigenvalue weighted by Crippen LogP contribution is -2.42. The van der Waals surface area contributed by atoms with Gasteiger partial charge in [0.15, 0.2) is 0 Å². The van der Waals surface area contributed by atoms with E-state index < -0.39 is 23.3 Å². The van der Waals surface area contributed by atoms with Crippen molar-refractivity contribution >= 4 is 17.9 Å². The molecule has 0 aliphatic carbocycles. The smallest absolute Gasteiger partial charge is 0.321 e. The highest BCUT2D eigenvalue weighted by Gasteiger charge is 2.30. The Morgan fingerprint density at radius 2 is 1.82 bits per heavy atom. The summed E-state index contributed by atoms with van der Waals surface area (Å²) in [7, 11) is 0. The fourth-order valence-electron chi connectivity index (χ4n) is 0.923. The van der Waals surface area contributed by atoms with Crippen molar-refractivity contribution in [3.63, 3.8) is 0 Å². The first kappa shape index (κ1) is 15.2. The van der Waals surface area contributed by atoms with E-state index in [0.29, 0.717) is 0 Å². The third-order valence-electron chi connectivity index (χ3n) is 1.99. The molecule has 3 amide bonds. The topological polar surface area (TPSA) is 95.5 Å². The summed E-state index contributed by atoms with van der Waals surface area (Å²) in [5, 5.41) is 13.3. The molecule has 0 aliphatic heterocycles. The summed E-state index contributed by atoms with van der Waals surface area (Å²) in [6.07, 6.45) is -0.261. The van der Waals surface area contributed by atoms with Crippen molar-refractivity contribution < 1.29 is 19.5 Å². The summed E-state index contributed by atoms with van der Waals surface area (Å²) in [5.74, 6) is -1.72. The molecular weight excluding hydrogens is 224 g/mol. The van der Waals surface area contributed by atoms with Crippen molar-refractivity contribution in [1.82, 2.24) is 10.6 Å². The Morgan fingerprint density at radius 1 is 1.29 bits per heavy atom. The molecule has 0 aromatic carbocycles. The fourth-order valence-corrected chi connectivity index (χ4v) is 0.923. The van der Waals surface area contributed by atoms with Gasteiger partial charge >= 0.3 is 12.0 Å². The number of aliphatic carboxylic acids is 1. The standard InChI is InChI=1S/C11H18N2O4/c1-7(2)6-12-10(17)13-8(14)5-11(3,4)9(15)16/h1,5-6H2,2-4H3,(H,15,16)(H2,12,13,14,17). The van der Waals surface area contributed by atoms with E-state index in [4.69, 9.17) is 5.11 Å². The van der Waals surface area contributed by atoms with Crippen LogP contribution in [0.1, 0.15) is 27.2 Å². The number of carbonyl (C=O) groups excluding carboxylic acids is 2. The van der Waals surface area contributed by atoms with Crippen LogP contribution < -0.4 is 10.6 Å². The molecule has 0 radical (unpaired) electrons. The largest absolute Gasteiger partial charge is 0.481 e. The molecule has 0 aromatic rings. The van der Waals surface area contributed by atoms with Crippen LogP contribution in [-0.2, 0) is 9.59 Å². The Hall–Kier alpha value is -1.85. The van der Waals surface area contributed by atoms with Crippen molar-refractivity contribution in [2.24, 2.45) is 5.41 Å². The summed E-state index contributed by atoms with van der Waals surface area (Å²) in [5.41, 5.74) is -0.447. The lowest BCUT2D eigenvalue weighted by atomic mass is 9.89. The maximum absolute atomic E-state index is 11.4. The number of rotatable bonds is 5.